The Balaban J connectivity index is 2.12. The molecule has 0 aliphatic carbocycles. The van der Waals surface area contributed by atoms with E-state index in [1.165, 1.54) is 19.2 Å². The van der Waals surface area contributed by atoms with E-state index in [9.17, 15) is 14.7 Å². The molecule has 2 N–H and O–H groups in total. The number of amides is 2. The van der Waals surface area contributed by atoms with Crippen LogP contribution in [0.4, 0.5) is 10.5 Å². The largest absolute Gasteiger partial charge is 0.497 e. The van der Waals surface area contributed by atoms with Crippen LogP contribution in [-0.4, -0.2) is 55.4 Å². The molecule has 1 unspecified atom stereocenters. The molecule has 1 fully saturated rings. The second-order valence-corrected chi connectivity index (χ2v) is 4.74. The molecule has 0 aromatic heterocycles. The first-order valence-electron chi connectivity index (χ1n) is 6.55. The second-order valence-electron chi connectivity index (χ2n) is 4.74. The van der Waals surface area contributed by atoms with Gasteiger partial charge in [0.25, 0.3) is 0 Å². The summed E-state index contributed by atoms with van der Waals surface area (Å²) in [7, 11) is 3.06. The number of ether oxygens (including phenoxy) is 2. The molecule has 1 aromatic carbocycles. The molecule has 1 heterocycles. The van der Waals surface area contributed by atoms with Crippen LogP contribution in [0.1, 0.15) is 16.8 Å². The summed E-state index contributed by atoms with van der Waals surface area (Å²) < 4.78 is 10.2. The molecule has 1 aromatic rings. The van der Waals surface area contributed by atoms with Gasteiger partial charge in [0.15, 0.2) is 0 Å². The monoisotopic (exact) mass is 294 g/mol. The van der Waals surface area contributed by atoms with E-state index in [1.807, 2.05) is 0 Å². The Bertz CT molecular complexity index is 546. The van der Waals surface area contributed by atoms with Crippen LogP contribution in [-0.2, 0) is 4.74 Å². The van der Waals surface area contributed by atoms with Crippen molar-refractivity contribution in [3.8, 4) is 5.75 Å². The van der Waals surface area contributed by atoms with E-state index in [2.05, 4.69) is 5.32 Å². The van der Waals surface area contributed by atoms with Gasteiger partial charge < -0.3 is 24.8 Å². The van der Waals surface area contributed by atoms with E-state index in [-0.39, 0.29) is 23.4 Å². The SMILES string of the molecule is COc1ccc(NC(=O)N2CCC(OC)C2)c(C(=O)O)c1. The fraction of sp³-hybridized carbons (Fsp3) is 0.429. The van der Waals surface area contributed by atoms with Gasteiger partial charge in [-0.25, -0.2) is 9.59 Å². The summed E-state index contributed by atoms with van der Waals surface area (Å²) in [4.78, 5) is 25.0. The van der Waals surface area contributed by atoms with E-state index in [4.69, 9.17) is 9.47 Å². The number of carboxylic acids is 1. The molecule has 7 heteroatoms. The lowest BCUT2D eigenvalue weighted by atomic mass is 10.1. The number of nitrogens with one attached hydrogen (secondary N) is 1. The molecule has 2 amide bonds. The maximum atomic E-state index is 12.1. The first kappa shape index (κ1) is 15.1. The molecule has 0 spiro atoms. The zero-order valence-corrected chi connectivity index (χ0v) is 12.0. The number of nitrogens with zero attached hydrogens (tertiary/aromatic N) is 1. The van der Waals surface area contributed by atoms with Crippen molar-refractivity contribution in [2.45, 2.75) is 12.5 Å². The zero-order chi connectivity index (χ0) is 15.4. The highest BCUT2D eigenvalue weighted by atomic mass is 16.5. The van der Waals surface area contributed by atoms with Crippen LogP contribution in [0.5, 0.6) is 5.75 Å². The molecule has 1 aliphatic rings. The van der Waals surface area contributed by atoms with Crippen molar-refractivity contribution >= 4 is 17.7 Å². The van der Waals surface area contributed by atoms with Crippen molar-refractivity contribution in [2.24, 2.45) is 0 Å². The summed E-state index contributed by atoms with van der Waals surface area (Å²) in [6.45, 7) is 1.09. The summed E-state index contributed by atoms with van der Waals surface area (Å²) in [6.07, 6.45) is 0.809. The fourth-order valence-corrected chi connectivity index (χ4v) is 2.24. The van der Waals surface area contributed by atoms with Crippen molar-refractivity contribution in [1.82, 2.24) is 4.90 Å². The summed E-state index contributed by atoms with van der Waals surface area (Å²) in [5, 5.41) is 11.8. The van der Waals surface area contributed by atoms with Gasteiger partial charge >= 0.3 is 12.0 Å². The number of likely N-dealkylation sites (tertiary alicyclic amines) is 1. The van der Waals surface area contributed by atoms with Crippen LogP contribution in [0.25, 0.3) is 0 Å². The third-order valence-electron chi connectivity index (χ3n) is 3.46. The number of anilines is 1. The maximum absolute atomic E-state index is 12.1. The minimum atomic E-state index is -1.12. The van der Waals surface area contributed by atoms with Crippen LogP contribution in [0.3, 0.4) is 0 Å². The molecule has 114 valence electrons. The first-order chi connectivity index (χ1) is 10.0. The summed E-state index contributed by atoms with van der Waals surface area (Å²) in [5.74, 6) is -0.702. The molecule has 0 saturated carbocycles. The number of carbonyl (C=O) groups is 2. The van der Waals surface area contributed by atoms with E-state index < -0.39 is 5.97 Å². The van der Waals surface area contributed by atoms with E-state index >= 15 is 0 Å². The summed E-state index contributed by atoms with van der Waals surface area (Å²) in [5.41, 5.74) is 0.236. The Hall–Kier alpha value is -2.28. The average molecular weight is 294 g/mol. The summed E-state index contributed by atoms with van der Waals surface area (Å²) in [6, 6.07) is 4.16. The molecule has 7 nitrogen and oxygen atoms in total. The molecule has 2 rings (SSSR count). The van der Waals surface area contributed by atoms with Crippen LogP contribution >= 0.6 is 0 Å². The van der Waals surface area contributed by atoms with Crippen LogP contribution in [0.2, 0.25) is 0 Å². The summed E-state index contributed by atoms with van der Waals surface area (Å²) >= 11 is 0. The number of benzene rings is 1. The standard InChI is InChI=1S/C14H18N2O5/c1-20-9-3-4-12(11(7-9)13(17)18)15-14(19)16-6-5-10(8-16)21-2/h3-4,7,10H,5-6,8H2,1-2H3,(H,15,19)(H,17,18). The van der Waals surface area contributed by atoms with Gasteiger partial charge in [-0.3, -0.25) is 0 Å². The van der Waals surface area contributed by atoms with Gasteiger partial charge in [-0.2, -0.15) is 0 Å². The maximum Gasteiger partial charge on any atom is 0.337 e. The van der Waals surface area contributed by atoms with Crippen molar-refractivity contribution in [1.29, 1.82) is 0 Å². The third kappa shape index (κ3) is 3.43. The Morgan fingerprint density at radius 2 is 2.14 bits per heavy atom. The van der Waals surface area contributed by atoms with Gasteiger partial charge in [0, 0.05) is 20.2 Å². The highest BCUT2D eigenvalue weighted by molar-refractivity contribution is 6.00. The van der Waals surface area contributed by atoms with Gasteiger partial charge in [0.05, 0.1) is 24.5 Å². The smallest absolute Gasteiger partial charge is 0.337 e. The van der Waals surface area contributed by atoms with Crippen molar-refractivity contribution < 1.29 is 24.2 Å². The second kappa shape index (κ2) is 6.45. The lowest BCUT2D eigenvalue weighted by molar-refractivity contribution is 0.0697. The zero-order valence-electron chi connectivity index (χ0n) is 12.0. The van der Waals surface area contributed by atoms with Crippen molar-refractivity contribution in [3.63, 3.8) is 0 Å². The van der Waals surface area contributed by atoms with Crippen molar-refractivity contribution in [2.75, 3.05) is 32.6 Å². The Labute approximate surface area is 122 Å². The molecule has 1 atom stereocenters. The van der Waals surface area contributed by atoms with E-state index in [0.717, 1.165) is 6.42 Å². The van der Waals surface area contributed by atoms with Gasteiger partial charge in [-0.1, -0.05) is 0 Å². The number of aromatic carboxylic acids is 1. The van der Waals surface area contributed by atoms with Gasteiger partial charge in [0.2, 0.25) is 0 Å². The number of carbonyl (C=O) groups excluding carboxylic acids is 1. The normalized spacial score (nSPS) is 17.6. The number of hydrogen-bond acceptors (Lipinski definition) is 4. The minimum Gasteiger partial charge on any atom is -0.497 e. The van der Waals surface area contributed by atoms with E-state index in [1.54, 1.807) is 18.1 Å². The van der Waals surface area contributed by atoms with Gasteiger partial charge in [-0.15, -0.1) is 0 Å². The number of methoxy groups -OCH3 is 2. The molecular weight excluding hydrogens is 276 g/mol. The number of urea groups is 1. The average Bonchev–Trinajstić information content (AvgIpc) is 2.96. The van der Waals surface area contributed by atoms with Gasteiger partial charge in [-0.05, 0) is 24.6 Å². The van der Waals surface area contributed by atoms with Crippen LogP contribution in [0.15, 0.2) is 18.2 Å². The predicted molar refractivity (Wildman–Crippen MR) is 76.0 cm³/mol. The number of rotatable bonds is 4. The third-order valence-corrected chi connectivity index (χ3v) is 3.46. The van der Waals surface area contributed by atoms with E-state index in [0.29, 0.717) is 18.8 Å². The predicted octanol–water partition coefficient (Wildman–Crippen LogP) is 1.65. The lowest BCUT2D eigenvalue weighted by Gasteiger charge is -2.18. The molecular formula is C14H18N2O5. The molecule has 1 aliphatic heterocycles. The topological polar surface area (TPSA) is 88.1 Å². The highest BCUT2D eigenvalue weighted by Crippen LogP contribution is 2.23. The number of hydrogen-bond donors (Lipinski definition) is 2. The Morgan fingerprint density at radius 3 is 2.71 bits per heavy atom. The quantitative estimate of drug-likeness (QED) is 0.881. The van der Waals surface area contributed by atoms with Gasteiger partial charge in [0.1, 0.15) is 5.75 Å². The molecule has 0 bridgehead atoms. The fourth-order valence-electron chi connectivity index (χ4n) is 2.24. The Kier molecular flexibility index (Phi) is 4.64. The number of carboxylic acid groups (broad SMARTS) is 1. The molecule has 1 saturated heterocycles. The molecule has 21 heavy (non-hydrogen) atoms. The van der Waals surface area contributed by atoms with Crippen LogP contribution < -0.4 is 10.1 Å². The van der Waals surface area contributed by atoms with Crippen molar-refractivity contribution in [3.05, 3.63) is 23.8 Å². The highest BCUT2D eigenvalue weighted by Gasteiger charge is 2.26. The lowest BCUT2D eigenvalue weighted by Crippen LogP contribution is -2.34. The minimum absolute atomic E-state index is 0.00908. The van der Waals surface area contributed by atoms with Crippen LogP contribution in [0, 0.1) is 0 Å². The molecule has 0 radical (unpaired) electrons. The first-order valence-corrected chi connectivity index (χ1v) is 6.55. The Morgan fingerprint density at radius 1 is 1.38 bits per heavy atom.